The van der Waals surface area contributed by atoms with Gasteiger partial charge >= 0.3 is 0 Å². The van der Waals surface area contributed by atoms with Crippen molar-refractivity contribution in [1.29, 1.82) is 0 Å². The van der Waals surface area contributed by atoms with Crippen molar-refractivity contribution in [3.8, 4) is 0 Å². The van der Waals surface area contributed by atoms with E-state index in [1.165, 1.54) is 5.56 Å². The smallest absolute Gasteiger partial charge is 0.150 e. The van der Waals surface area contributed by atoms with E-state index in [1.807, 2.05) is 6.07 Å². The van der Waals surface area contributed by atoms with Crippen LogP contribution in [0, 0.1) is 0 Å². The van der Waals surface area contributed by atoms with E-state index < -0.39 is 0 Å². The second-order valence-corrected chi connectivity index (χ2v) is 5.77. The lowest BCUT2D eigenvalue weighted by atomic mass is 10.1. The molecule has 1 aromatic carbocycles. The van der Waals surface area contributed by atoms with E-state index in [2.05, 4.69) is 34.6 Å². The van der Waals surface area contributed by atoms with Gasteiger partial charge in [-0.2, -0.15) is 0 Å². The lowest BCUT2D eigenvalue weighted by Gasteiger charge is -2.08. The van der Waals surface area contributed by atoms with Crippen LogP contribution in [0.5, 0.6) is 0 Å². The number of rotatable bonds is 3. The average Bonchev–Trinajstić information content (AvgIpc) is 3.16. The molecule has 2 unspecified atom stereocenters. The number of halogens is 3. The summed E-state index contributed by atoms with van der Waals surface area (Å²) in [6.07, 6.45) is 1.07. The molecule has 3 rings (SSSR count). The molecule has 19 heavy (non-hydrogen) atoms. The van der Waals surface area contributed by atoms with Crippen LogP contribution in [0.1, 0.15) is 17.9 Å². The van der Waals surface area contributed by atoms with E-state index in [0.717, 1.165) is 6.42 Å². The highest BCUT2D eigenvalue weighted by Crippen LogP contribution is 2.43. The molecule has 2 nitrogen and oxygen atoms in total. The van der Waals surface area contributed by atoms with Gasteiger partial charge < -0.3 is 5.32 Å². The molecule has 0 saturated heterocycles. The number of hydrogen-bond donors (Lipinski definition) is 1. The van der Waals surface area contributed by atoms with Gasteiger partial charge in [0.25, 0.3) is 0 Å². The Morgan fingerprint density at radius 3 is 2.53 bits per heavy atom. The highest BCUT2D eigenvalue weighted by atomic mass is 35.5. The first-order valence-corrected chi connectivity index (χ1v) is 7.11. The van der Waals surface area contributed by atoms with Crippen LogP contribution in [0.3, 0.4) is 0 Å². The van der Waals surface area contributed by atoms with Crippen molar-refractivity contribution in [3.63, 3.8) is 0 Å². The molecule has 0 amide bonds. The molecule has 1 aliphatic rings. The van der Waals surface area contributed by atoms with Crippen LogP contribution in [-0.4, -0.2) is 11.0 Å². The molecule has 1 saturated carbocycles. The summed E-state index contributed by atoms with van der Waals surface area (Å²) >= 11 is 17.9. The third-order valence-corrected chi connectivity index (χ3v) is 4.19. The van der Waals surface area contributed by atoms with E-state index in [1.54, 1.807) is 6.07 Å². The second kappa shape index (κ2) is 5.20. The van der Waals surface area contributed by atoms with Crippen molar-refractivity contribution in [1.82, 2.24) is 4.98 Å². The lowest BCUT2D eigenvalue weighted by molar-refractivity contribution is 1.03. The zero-order valence-electron chi connectivity index (χ0n) is 9.91. The minimum Gasteiger partial charge on any atom is -0.365 e. The van der Waals surface area contributed by atoms with Gasteiger partial charge in [0, 0.05) is 12.0 Å². The average molecular weight is 314 g/mol. The molecule has 1 heterocycles. The summed E-state index contributed by atoms with van der Waals surface area (Å²) < 4.78 is 0. The fourth-order valence-electron chi connectivity index (χ4n) is 2.14. The Kier molecular flexibility index (Phi) is 3.57. The molecule has 98 valence electrons. The van der Waals surface area contributed by atoms with E-state index in [4.69, 9.17) is 34.8 Å². The fraction of sp³-hybridized carbons (Fsp3) is 0.214. The third-order valence-electron chi connectivity index (χ3n) is 3.23. The summed E-state index contributed by atoms with van der Waals surface area (Å²) in [5.74, 6) is 1.10. The fourth-order valence-corrected chi connectivity index (χ4v) is 2.70. The molecule has 0 bridgehead atoms. The number of nitrogens with zero attached hydrogens (tertiary/aromatic N) is 1. The Morgan fingerprint density at radius 1 is 1.05 bits per heavy atom. The number of hydrogen-bond acceptors (Lipinski definition) is 2. The molecule has 1 aromatic heterocycles. The monoisotopic (exact) mass is 312 g/mol. The van der Waals surface area contributed by atoms with Crippen molar-refractivity contribution < 1.29 is 0 Å². The standard InChI is InChI=1S/C14H11Cl3N2/c15-10-7-11(16)14(19-13(10)17)18-12-6-9(12)8-4-2-1-3-5-8/h1-5,7,9,12H,6H2,(H,18,19). The summed E-state index contributed by atoms with van der Waals surface area (Å²) in [5, 5.41) is 4.45. The zero-order valence-corrected chi connectivity index (χ0v) is 12.2. The number of aromatic nitrogens is 1. The predicted octanol–water partition coefficient (Wildman–Crippen LogP) is 5.01. The van der Waals surface area contributed by atoms with Crippen LogP contribution < -0.4 is 5.32 Å². The van der Waals surface area contributed by atoms with Gasteiger partial charge in [-0.3, -0.25) is 0 Å². The predicted molar refractivity (Wildman–Crippen MR) is 80.5 cm³/mol. The number of benzene rings is 1. The highest BCUT2D eigenvalue weighted by Gasteiger charge is 2.38. The molecular weight excluding hydrogens is 303 g/mol. The molecule has 0 radical (unpaired) electrons. The molecule has 2 aromatic rings. The van der Waals surface area contributed by atoms with Crippen LogP contribution >= 0.6 is 34.8 Å². The van der Waals surface area contributed by atoms with Crippen molar-refractivity contribution in [2.24, 2.45) is 0 Å². The van der Waals surface area contributed by atoms with E-state index >= 15 is 0 Å². The van der Waals surface area contributed by atoms with Crippen molar-refractivity contribution >= 4 is 40.6 Å². The SMILES string of the molecule is Clc1cc(Cl)c(NC2CC2c2ccccc2)nc1Cl. The molecule has 0 aliphatic heterocycles. The van der Waals surface area contributed by atoms with E-state index in [9.17, 15) is 0 Å². The minimum absolute atomic E-state index is 0.269. The zero-order chi connectivity index (χ0) is 13.4. The Bertz CT molecular complexity index is 601. The Hall–Kier alpha value is -0.960. The Labute approximate surface area is 126 Å². The maximum atomic E-state index is 6.10. The third kappa shape index (κ3) is 2.81. The summed E-state index contributed by atoms with van der Waals surface area (Å²) in [4.78, 5) is 4.17. The van der Waals surface area contributed by atoms with Gasteiger partial charge in [0.1, 0.15) is 11.0 Å². The van der Waals surface area contributed by atoms with Crippen LogP contribution in [0.2, 0.25) is 15.2 Å². The van der Waals surface area contributed by atoms with Crippen molar-refractivity contribution in [2.45, 2.75) is 18.4 Å². The number of nitrogens with one attached hydrogen (secondary N) is 1. The van der Waals surface area contributed by atoms with Gasteiger partial charge in [0.15, 0.2) is 0 Å². The largest absolute Gasteiger partial charge is 0.365 e. The van der Waals surface area contributed by atoms with Crippen LogP contribution in [0.15, 0.2) is 36.4 Å². The highest BCUT2D eigenvalue weighted by molar-refractivity contribution is 6.42. The molecule has 1 aliphatic carbocycles. The summed E-state index contributed by atoms with van der Waals surface area (Å²) in [6.45, 7) is 0. The summed E-state index contributed by atoms with van der Waals surface area (Å²) in [6, 6.07) is 12.4. The summed E-state index contributed by atoms with van der Waals surface area (Å²) in [7, 11) is 0. The van der Waals surface area contributed by atoms with Crippen LogP contribution in [0.25, 0.3) is 0 Å². The molecular formula is C14H11Cl3N2. The number of pyridine rings is 1. The molecule has 0 spiro atoms. The first kappa shape index (κ1) is 13.0. The van der Waals surface area contributed by atoms with Crippen LogP contribution in [0.4, 0.5) is 5.82 Å². The summed E-state index contributed by atoms with van der Waals surface area (Å²) in [5.41, 5.74) is 1.33. The maximum Gasteiger partial charge on any atom is 0.150 e. The Morgan fingerprint density at radius 2 is 1.79 bits per heavy atom. The van der Waals surface area contributed by atoms with E-state index in [-0.39, 0.29) is 5.15 Å². The topological polar surface area (TPSA) is 24.9 Å². The van der Waals surface area contributed by atoms with Gasteiger partial charge in [-0.05, 0) is 18.1 Å². The number of anilines is 1. The second-order valence-electron chi connectivity index (χ2n) is 4.60. The quantitative estimate of drug-likeness (QED) is 0.806. The van der Waals surface area contributed by atoms with Gasteiger partial charge in [-0.15, -0.1) is 0 Å². The first-order chi connectivity index (χ1) is 9.15. The van der Waals surface area contributed by atoms with Gasteiger partial charge in [-0.1, -0.05) is 65.1 Å². The molecule has 5 heteroatoms. The minimum atomic E-state index is 0.269. The normalized spacial score (nSPS) is 21.2. The van der Waals surface area contributed by atoms with Gasteiger partial charge in [0.05, 0.1) is 10.0 Å². The van der Waals surface area contributed by atoms with Crippen molar-refractivity contribution in [3.05, 3.63) is 57.2 Å². The van der Waals surface area contributed by atoms with Crippen LogP contribution in [-0.2, 0) is 0 Å². The molecule has 1 N–H and O–H groups in total. The van der Waals surface area contributed by atoms with E-state index in [0.29, 0.717) is 27.8 Å². The van der Waals surface area contributed by atoms with Crippen molar-refractivity contribution in [2.75, 3.05) is 5.32 Å². The maximum absolute atomic E-state index is 6.10. The van der Waals surface area contributed by atoms with Gasteiger partial charge in [-0.25, -0.2) is 4.98 Å². The lowest BCUT2D eigenvalue weighted by Crippen LogP contribution is -2.06. The Balaban J connectivity index is 1.73. The molecule has 2 atom stereocenters. The van der Waals surface area contributed by atoms with Gasteiger partial charge in [0.2, 0.25) is 0 Å². The first-order valence-electron chi connectivity index (χ1n) is 5.98. The molecule has 1 fully saturated rings.